The van der Waals surface area contributed by atoms with Crippen molar-refractivity contribution in [3.05, 3.63) is 83.4 Å². The van der Waals surface area contributed by atoms with E-state index in [0.29, 0.717) is 24.5 Å². The Hall–Kier alpha value is -3.29. The first-order chi connectivity index (χ1) is 20.7. The molecule has 1 heterocycles. The summed E-state index contributed by atoms with van der Waals surface area (Å²) < 4.78 is 11.6. The molecule has 2 atom stereocenters. The molecule has 43 heavy (non-hydrogen) atoms. The van der Waals surface area contributed by atoms with E-state index in [1.807, 2.05) is 24.3 Å². The number of fused-ring (bicyclic) bond motifs is 3. The first-order valence-corrected chi connectivity index (χ1v) is 15.8. The van der Waals surface area contributed by atoms with Crippen LogP contribution in [0, 0.1) is 0 Å². The van der Waals surface area contributed by atoms with Crippen LogP contribution in [0.5, 0.6) is 5.75 Å². The number of anilines is 1. The van der Waals surface area contributed by atoms with E-state index in [1.165, 1.54) is 18.2 Å². The fourth-order valence-electron chi connectivity index (χ4n) is 6.76. The number of hydrogen-bond donors (Lipinski definition) is 1. The van der Waals surface area contributed by atoms with Crippen LogP contribution >= 0.6 is 11.6 Å². The summed E-state index contributed by atoms with van der Waals surface area (Å²) in [5.74, 6) is -0.480. The minimum Gasteiger partial charge on any atom is -0.490 e. The fraction of sp³-hybridized carbons (Fsp3) is 0.486. The number of unbranched alkanes of at least 4 members (excludes halogenated alkanes) is 2. The van der Waals surface area contributed by atoms with E-state index < -0.39 is 18.0 Å². The van der Waals surface area contributed by atoms with Gasteiger partial charge in [-0.1, -0.05) is 35.9 Å². The molecule has 5 rings (SSSR count). The summed E-state index contributed by atoms with van der Waals surface area (Å²) in [6.45, 7) is 10.0. The number of methoxy groups -OCH3 is 1. The Labute approximate surface area is 260 Å². The Morgan fingerprint density at radius 3 is 2.74 bits per heavy atom. The van der Waals surface area contributed by atoms with Gasteiger partial charge in [0.1, 0.15) is 5.75 Å². The first kappa shape index (κ1) is 31.1. The molecule has 0 bridgehead atoms. The number of nitrogens with zero attached hydrogens (tertiary/aromatic N) is 2. The van der Waals surface area contributed by atoms with Crippen molar-refractivity contribution < 1.29 is 24.2 Å². The number of rotatable bonds is 12. The molecule has 1 N–H and O–H groups in total. The molecule has 1 spiro atoms. The summed E-state index contributed by atoms with van der Waals surface area (Å²) >= 11 is 6.38. The first-order valence-electron chi connectivity index (χ1n) is 15.4. The average Bonchev–Trinajstić information content (AvgIpc) is 3.86. The summed E-state index contributed by atoms with van der Waals surface area (Å²) in [6, 6.07) is 11.6. The van der Waals surface area contributed by atoms with Gasteiger partial charge < -0.3 is 24.4 Å². The number of ether oxygens (including phenoxy) is 2. The normalized spacial score (nSPS) is 20.6. The zero-order valence-electron chi connectivity index (χ0n) is 25.2. The zero-order valence-corrected chi connectivity index (χ0v) is 25.9. The third-order valence-electron chi connectivity index (χ3n) is 9.16. The summed E-state index contributed by atoms with van der Waals surface area (Å²) in [4.78, 5) is 30.6. The number of aryl methyl sites for hydroxylation is 1. The van der Waals surface area contributed by atoms with Gasteiger partial charge in [-0.25, -0.2) is 4.79 Å². The Morgan fingerprint density at radius 1 is 1.21 bits per heavy atom. The third kappa shape index (κ3) is 6.48. The molecule has 3 aliphatic rings. The molecule has 8 heteroatoms. The lowest BCUT2D eigenvalue weighted by Gasteiger charge is -2.41. The monoisotopic (exact) mass is 606 g/mol. The lowest BCUT2D eigenvalue weighted by atomic mass is 9.70. The van der Waals surface area contributed by atoms with Crippen molar-refractivity contribution in [2.45, 2.75) is 74.8 Å². The van der Waals surface area contributed by atoms with E-state index in [9.17, 15) is 14.7 Å². The van der Waals surface area contributed by atoms with Gasteiger partial charge in [0.2, 0.25) is 5.91 Å². The van der Waals surface area contributed by atoms with Crippen LogP contribution in [0.2, 0.25) is 5.02 Å². The summed E-state index contributed by atoms with van der Waals surface area (Å²) in [7, 11) is 1.23. The minimum atomic E-state index is -2.15. The van der Waals surface area contributed by atoms with Gasteiger partial charge in [-0.15, -0.1) is 13.2 Å². The van der Waals surface area contributed by atoms with Crippen LogP contribution in [0.3, 0.4) is 0 Å². The number of carbonyl (C=O) groups is 2. The highest BCUT2D eigenvalue weighted by atomic mass is 35.5. The smallest absolute Gasteiger partial charge is 0.343 e. The Morgan fingerprint density at radius 2 is 2.02 bits per heavy atom. The van der Waals surface area contributed by atoms with Gasteiger partial charge in [-0.2, -0.15) is 0 Å². The van der Waals surface area contributed by atoms with Crippen molar-refractivity contribution in [3.8, 4) is 5.75 Å². The quantitative estimate of drug-likeness (QED) is 0.179. The second-order valence-corrected chi connectivity index (χ2v) is 12.6. The van der Waals surface area contributed by atoms with E-state index in [0.717, 1.165) is 75.2 Å². The molecular weight excluding hydrogens is 564 g/mol. The van der Waals surface area contributed by atoms with Crippen LogP contribution in [0.4, 0.5) is 5.69 Å². The Balaban J connectivity index is 1.52. The van der Waals surface area contributed by atoms with E-state index in [1.54, 1.807) is 17.0 Å². The summed E-state index contributed by atoms with van der Waals surface area (Å²) in [5, 5.41) is 12.7. The van der Waals surface area contributed by atoms with E-state index in [-0.39, 0.29) is 17.4 Å². The summed E-state index contributed by atoms with van der Waals surface area (Å²) in [6.07, 6.45) is 10.9. The molecule has 2 aliphatic carbocycles. The highest BCUT2D eigenvalue weighted by Crippen LogP contribution is 2.45. The third-order valence-corrected chi connectivity index (χ3v) is 9.40. The van der Waals surface area contributed by atoms with Gasteiger partial charge in [0, 0.05) is 36.1 Å². The molecule has 0 aromatic heterocycles. The molecule has 1 amide bonds. The second kappa shape index (κ2) is 13.1. The number of aliphatic hydroxyl groups is 1. The Bertz CT molecular complexity index is 1370. The van der Waals surface area contributed by atoms with Crippen molar-refractivity contribution in [1.82, 2.24) is 4.90 Å². The van der Waals surface area contributed by atoms with E-state index in [4.69, 9.17) is 21.1 Å². The van der Waals surface area contributed by atoms with Gasteiger partial charge >= 0.3 is 5.97 Å². The average molecular weight is 607 g/mol. The number of allylic oxidation sites excluding steroid dienone is 1. The molecule has 230 valence electrons. The molecule has 0 saturated heterocycles. The van der Waals surface area contributed by atoms with Gasteiger partial charge in [0.25, 0.3) is 0 Å². The molecule has 1 aliphatic heterocycles. The standard InChI is InChI=1S/C35H43ClN2O5/c1-4-6-7-8-19-37-23-34(17-9-10-25-20-27(36)12-15-29(25)34)24-43-31-16-11-26(21-30(31)37)35(41,33(40)42-3)22-32(39)38(18-5-2)28-13-14-28/h4-5,11-12,15-16,20-21,28,41H,1-2,6-10,13-14,17-19,22-24H2,3H3/t34-,35-/m0/s1. The topological polar surface area (TPSA) is 79.3 Å². The molecule has 2 aromatic rings. The number of hydrogen-bond acceptors (Lipinski definition) is 6. The van der Waals surface area contributed by atoms with Gasteiger partial charge in [0.05, 0.1) is 25.8 Å². The predicted molar refractivity (Wildman–Crippen MR) is 170 cm³/mol. The van der Waals surface area contributed by atoms with Crippen LogP contribution in [-0.2, 0) is 31.8 Å². The largest absolute Gasteiger partial charge is 0.490 e. The fourth-order valence-corrected chi connectivity index (χ4v) is 6.96. The predicted octanol–water partition coefficient (Wildman–Crippen LogP) is 6.10. The van der Waals surface area contributed by atoms with Crippen molar-refractivity contribution in [2.24, 2.45) is 0 Å². The number of halogens is 1. The Kier molecular flexibility index (Phi) is 9.52. The number of esters is 1. The van der Waals surface area contributed by atoms with Crippen LogP contribution in [0.15, 0.2) is 61.7 Å². The SMILES string of the molecule is C=CCCCCN1C[C@@]2(CCCc3cc(Cl)ccc32)COc2ccc([C@@](O)(CC(=O)N(CC=C)C3CC3)C(=O)OC)cc21. The number of carbonyl (C=O) groups excluding carboxylic acids is 2. The maximum absolute atomic E-state index is 13.4. The molecule has 0 unspecified atom stereocenters. The maximum atomic E-state index is 13.4. The molecule has 1 saturated carbocycles. The second-order valence-electron chi connectivity index (χ2n) is 12.2. The number of amides is 1. The number of benzene rings is 2. The van der Waals surface area contributed by atoms with E-state index >= 15 is 0 Å². The van der Waals surface area contributed by atoms with Gasteiger partial charge in [-0.05, 0) is 92.3 Å². The van der Waals surface area contributed by atoms with E-state index in [2.05, 4.69) is 30.2 Å². The van der Waals surface area contributed by atoms with Crippen molar-refractivity contribution >= 4 is 29.2 Å². The maximum Gasteiger partial charge on any atom is 0.343 e. The lowest BCUT2D eigenvalue weighted by molar-refractivity contribution is -0.168. The molecule has 1 fully saturated rings. The van der Waals surface area contributed by atoms with Crippen molar-refractivity contribution in [1.29, 1.82) is 0 Å². The van der Waals surface area contributed by atoms with Crippen LogP contribution in [-0.4, -0.2) is 61.3 Å². The molecule has 7 nitrogen and oxygen atoms in total. The van der Waals surface area contributed by atoms with Gasteiger partial charge in [-0.3, -0.25) is 4.79 Å². The highest BCUT2D eigenvalue weighted by molar-refractivity contribution is 6.30. The molecular formula is C35H43ClN2O5. The zero-order chi connectivity index (χ0) is 30.6. The molecule has 0 radical (unpaired) electrons. The lowest BCUT2D eigenvalue weighted by Crippen LogP contribution is -2.46. The van der Waals surface area contributed by atoms with Crippen molar-refractivity contribution in [3.63, 3.8) is 0 Å². The van der Waals surface area contributed by atoms with Crippen LogP contribution in [0.1, 0.15) is 68.1 Å². The molecule has 2 aromatic carbocycles. The summed E-state index contributed by atoms with van der Waals surface area (Å²) in [5.41, 5.74) is 1.26. The minimum absolute atomic E-state index is 0.114. The van der Waals surface area contributed by atoms with Gasteiger partial charge in [0.15, 0.2) is 5.60 Å². The highest BCUT2D eigenvalue weighted by Gasteiger charge is 2.46. The van der Waals surface area contributed by atoms with Crippen LogP contribution < -0.4 is 9.64 Å². The van der Waals surface area contributed by atoms with Crippen LogP contribution in [0.25, 0.3) is 0 Å². The van der Waals surface area contributed by atoms with Crippen molar-refractivity contribution in [2.75, 3.05) is 38.3 Å².